The summed E-state index contributed by atoms with van der Waals surface area (Å²) in [7, 11) is 0. The van der Waals surface area contributed by atoms with Crippen LogP contribution in [0.5, 0.6) is 5.75 Å². The first-order valence-electron chi connectivity index (χ1n) is 14.4. The molecule has 0 bridgehead atoms. The molecule has 0 amide bonds. The molecular weight excluding hydrogens is 424 g/mol. The second-order valence-electron chi connectivity index (χ2n) is 12.8. The minimum atomic E-state index is -0.0627. The van der Waals surface area contributed by atoms with E-state index in [2.05, 4.69) is 99.6 Å². The van der Waals surface area contributed by atoms with Gasteiger partial charge in [-0.2, -0.15) is 0 Å². The van der Waals surface area contributed by atoms with Crippen molar-refractivity contribution >= 4 is 0 Å². The van der Waals surface area contributed by atoms with Gasteiger partial charge >= 0.3 is 0 Å². The van der Waals surface area contributed by atoms with Crippen LogP contribution >= 0.6 is 0 Å². The molecule has 2 atom stereocenters. The average Bonchev–Trinajstić information content (AvgIpc) is 2.78. The van der Waals surface area contributed by atoms with E-state index in [1.54, 1.807) is 0 Å². The fraction of sp³-hybridized carbons (Fsp3) is 0.647. The van der Waals surface area contributed by atoms with Crippen LogP contribution in [-0.2, 0) is 10.8 Å². The Hall–Kier alpha value is -1.76. The molecule has 0 saturated heterocycles. The van der Waals surface area contributed by atoms with E-state index in [4.69, 9.17) is 0 Å². The van der Waals surface area contributed by atoms with Crippen molar-refractivity contribution in [1.29, 1.82) is 0 Å². The zero-order chi connectivity index (χ0) is 26.4. The van der Waals surface area contributed by atoms with Crippen molar-refractivity contribution in [3.8, 4) is 16.9 Å². The Bertz CT molecular complexity index is 938. The van der Waals surface area contributed by atoms with E-state index in [1.165, 1.54) is 72.8 Å². The van der Waals surface area contributed by atoms with Crippen LogP contribution in [0, 0.1) is 0 Å². The van der Waals surface area contributed by atoms with Crippen molar-refractivity contribution < 1.29 is 5.11 Å². The molecule has 0 aliphatic heterocycles. The van der Waals surface area contributed by atoms with Gasteiger partial charge in [0, 0.05) is 5.56 Å². The molecule has 0 aromatic heterocycles. The van der Waals surface area contributed by atoms with Crippen LogP contribution in [-0.4, -0.2) is 5.11 Å². The van der Waals surface area contributed by atoms with Crippen molar-refractivity contribution in [2.75, 3.05) is 0 Å². The van der Waals surface area contributed by atoms with Gasteiger partial charge in [0.2, 0.25) is 0 Å². The van der Waals surface area contributed by atoms with Crippen LogP contribution < -0.4 is 0 Å². The maximum absolute atomic E-state index is 11.6. The largest absolute Gasteiger partial charge is 0.507 e. The van der Waals surface area contributed by atoms with Gasteiger partial charge in [-0.1, -0.05) is 119 Å². The van der Waals surface area contributed by atoms with Crippen LogP contribution in [0.25, 0.3) is 11.1 Å². The lowest BCUT2D eigenvalue weighted by atomic mass is 9.74. The summed E-state index contributed by atoms with van der Waals surface area (Å²) in [6, 6.07) is 11.6. The Morgan fingerprint density at radius 3 is 1.60 bits per heavy atom. The maximum atomic E-state index is 11.6. The van der Waals surface area contributed by atoms with Gasteiger partial charge in [0.05, 0.1) is 0 Å². The van der Waals surface area contributed by atoms with Crippen LogP contribution in [0.1, 0.15) is 155 Å². The highest BCUT2D eigenvalue weighted by Gasteiger charge is 2.28. The van der Waals surface area contributed by atoms with Gasteiger partial charge in [-0.05, 0) is 82.2 Å². The smallest absolute Gasteiger partial charge is 0.123 e. The van der Waals surface area contributed by atoms with E-state index >= 15 is 0 Å². The molecule has 0 spiro atoms. The zero-order valence-electron chi connectivity index (χ0n) is 24.6. The average molecular weight is 479 g/mol. The maximum Gasteiger partial charge on any atom is 0.123 e. The van der Waals surface area contributed by atoms with Gasteiger partial charge in [-0.3, -0.25) is 0 Å². The fourth-order valence-corrected chi connectivity index (χ4v) is 5.53. The van der Waals surface area contributed by atoms with Crippen molar-refractivity contribution in [2.24, 2.45) is 0 Å². The first-order chi connectivity index (χ1) is 16.4. The zero-order valence-corrected chi connectivity index (χ0v) is 24.6. The molecule has 35 heavy (non-hydrogen) atoms. The summed E-state index contributed by atoms with van der Waals surface area (Å²) < 4.78 is 0. The summed E-state index contributed by atoms with van der Waals surface area (Å²) in [4.78, 5) is 0. The summed E-state index contributed by atoms with van der Waals surface area (Å²) in [5.41, 5.74) is 7.51. The molecule has 2 rings (SSSR count). The molecule has 1 N–H and O–H groups in total. The summed E-state index contributed by atoms with van der Waals surface area (Å²) >= 11 is 0. The van der Waals surface area contributed by atoms with E-state index in [9.17, 15) is 5.11 Å². The molecule has 2 aromatic carbocycles. The molecule has 0 aliphatic carbocycles. The van der Waals surface area contributed by atoms with Crippen molar-refractivity contribution in [2.45, 2.75) is 143 Å². The second-order valence-corrected chi connectivity index (χ2v) is 12.8. The van der Waals surface area contributed by atoms with Crippen LogP contribution in [0.2, 0.25) is 0 Å². The molecule has 0 aliphatic rings. The predicted octanol–water partition coefficient (Wildman–Crippen LogP) is 11.0. The summed E-state index contributed by atoms with van der Waals surface area (Å²) in [6.45, 7) is 22.9. The molecule has 1 heteroatoms. The minimum absolute atomic E-state index is 0.0122. The van der Waals surface area contributed by atoms with Gasteiger partial charge in [-0.15, -0.1) is 0 Å². The Labute approximate surface area is 217 Å². The van der Waals surface area contributed by atoms with E-state index in [-0.39, 0.29) is 10.8 Å². The lowest BCUT2D eigenvalue weighted by molar-refractivity contribution is 0.469. The van der Waals surface area contributed by atoms with E-state index in [0.29, 0.717) is 17.6 Å². The number of phenols is 1. The monoisotopic (exact) mass is 478 g/mol. The molecule has 2 unspecified atom stereocenters. The quantitative estimate of drug-likeness (QED) is 0.340. The van der Waals surface area contributed by atoms with Crippen LogP contribution in [0.15, 0.2) is 30.3 Å². The highest BCUT2D eigenvalue weighted by molar-refractivity contribution is 5.79. The summed E-state index contributed by atoms with van der Waals surface area (Å²) in [5, 5.41) is 11.6. The lowest BCUT2D eigenvalue weighted by Crippen LogP contribution is -2.18. The molecular formula is C34H54O. The van der Waals surface area contributed by atoms with Gasteiger partial charge in [0.1, 0.15) is 5.75 Å². The number of unbranched alkanes of at least 4 members (excludes halogenated alkanes) is 2. The van der Waals surface area contributed by atoms with Gasteiger partial charge in [-0.25, -0.2) is 0 Å². The Balaban J connectivity index is 2.76. The Kier molecular flexibility index (Phi) is 10.5. The normalized spacial score (nSPS) is 14.2. The molecule has 0 saturated carbocycles. The van der Waals surface area contributed by atoms with Crippen molar-refractivity contribution in [3.05, 3.63) is 52.6 Å². The van der Waals surface area contributed by atoms with E-state index < -0.39 is 0 Å². The number of benzene rings is 2. The molecule has 0 radical (unpaired) electrons. The predicted molar refractivity (Wildman–Crippen MR) is 156 cm³/mol. The standard InChI is InChI=1S/C34H54O/c1-11-15-17-24(13-3)26-19-20-28(29(21-26)33(5,6)7)32-30(34(8,9)10)22-27(23-31(32)35)25(14-4)18-16-12-2/h19-25,35H,11-18H2,1-10H3. The first-order valence-corrected chi connectivity index (χ1v) is 14.4. The van der Waals surface area contributed by atoms with E-state index in [0.717, 1.165) is 12.0 Å². The third kappa shape index (κ3) is 7.37. The number of phenolic OH excluding ortho intramolecular Hbond substituents is 1. The topological polar surface area (TPSA) is 20.2 Å². The number of rotatable bonds is 11. The third-order valence-corrected chi connectivity index (χ3v) is 7.81. The highest BCUT2D eigenvalue weighted by Crippen LogP contribution is 2.46. The second kappa shape index (κ2) is 12.5. The molecule has 0 heterocycles. The number of hydrogen-bond donors (Lipinski definition) is 1. The Morgan fingerprint density at radius 2 is 1.14 bits per heavy atom. The SMILES string of the molecule is CCCCC(CC)c1ccc(-c2c(O)cc(C(CC)CCCC)cc2C(C)(C)C)c(C(C)(C)C)c1. The number of aromatic hydroxyl groups is 1. The third-order valence-electron chi connectivity index (χ3n) is 7.81. The lowest BCUT2D eigenvalue weighted by Gasteiger charge is -2.31. The number of hydrogen-bond acceptors (Lipinski definition) is 1. The van der Waals surface area contributed by atoms with Crippen LogP contribution in [0.3, 0.4) is 0 Å². The van der Waals surface area contributed by atoms with Gasteiger partial charge in [0.15, 0.2) is 0 Å². The molecule has 0 fully saturated rings. The Morgan fingerprint density at radius 1 is 0.657 bits per heavy atom. The highest BCUT2D eigenvalue weighted by atomic mass is 16.3. The first kappa shape index (κ1) is 29.5. The molecule has 196 valence electrons. The fourth-order valence-electron chi connectivity index (χ4n) is 5.53. The van der Waals surface area contributed by atoms with Gasteiger partial charge in [0.25, 0.3) is 0 Å². The van der Waals surface area contributed by atoms with E-state index in [1.807, 2.05) is 0 Å². The van der Waals surface area contributed by atoms with Crippen LogP contribution in [0.4, 0.5) is 0 Å². The molecule has 1 nitrogen and oxygen atoms in total. The summed E-state index contributed by atoms with van der Waals surface area (Å²) in [5.74, 6) is 1.55. The van der Waals surface area contributed by atoms with Crippen molar-refractivity contribution in [3.63, 3.8) is 0 Å². The van der Waals surface area contributed by atoms with Crippen molar-refractivity contribution in [1.82, 2.24) is 0 Å². The van der Waals surface area contributed by atoms with Gasteiger partial charge < -0.3 is 5.11 Å². The minimum Gasteiger partial charge on any atom is -0.507 e. The summed E-state index contributed by atoms with van der Waals surface area (Å²) in [6.07, 6.45) is 9.69. The molecule has 2 aromatic rings.